The maximum absolute atomic E-state index is 13.7. The first kappa shape index (κ1) is 71.2. The van der Waals surface area contributed by atoms with Crippen LogP contribution in [-0.2, 0) is 21.9 Å². The molecule has 8 amide bonds. The number of fused-ring (bicyclic) bond motifs is 4. The number of nitrogens with zero attached hydrogens (tertiary/aromatic N) is 15. The van der Waals surface area contributed by atoms with Gasteiger partial charge >= 0.3 is 24.4 Å². The highest BCUT2D eigenvalue weighted by atomic mass is 19.4. The molecule has 32 heteroatoms. The third kappa shape index (κ3) is 14.6. The smallest absolute Gasteiger partial charge is 0.433 e. The third-order valence-electron chi connectivity index (χ3n) is 22.9. The predicted molar refractivity (Wildman–Crippen MR) is 388 cm³/mol. The summed E-state index contributed by atoms with van der Waals surface area (Å²) in [6.07, 6.45) is 10.7. The van der Waals surface area contributed by atoms with Gasteiger partial charge in [0, 0.05) is 117 Å². The summed E-state index contributed by atoms with van der Waals surface area (Å²) in [5.74, 6) is 0.294. The second-order valence-electron chi connectivity index (χ2n) is 29.4. The van der Waals surface area contributed by atoms with Gasteiger partial charge in [0.25, 0.3) is 11.8 Å². The van der Waals surface area contributed by atoms with Crippen molar-refractivity contribution >= 4 is 97.5 Å². The van der Waals surface area contributed by atoms with E-state index < -0.39 is 53.3 Å². The summed E-state index contributed by atoms with van der Waals surface area (Å²) in [5, 5.41) is 22.1. The maximum Gasteiger partial charge on any atom is 0.433 e. The van der Waals surface area contributed by atoms with Crippen LogP contribution in [0, 0.1) is 23.7 Å². The molecule has 108 heavy (non-hydrogen) atoms. The number of aromatic nitrogens is 10. The van der Waals surface area contributed by atoms with Gasteiger partial charge in [-0.05, 0) is 186 Å². The monoisotopic (exact) mass is 1480 g/mol. The number of hydrogen-bond acceptors (Lipinski definition) is 16. The van der Waals surface area contributed by atoms with E-state index in [1.807, 2.05) is 50.4 Å². The van der Waals surface area contributed by atoms with Gasteiger partial charge in [-0.15, -0.1) is 0 Å². The van der Waals surface area contributed by atoms with Crippen LogP contribution in [0.15, 0.2) is 128 Å². The lowest BCUT2D eigenvalue weighted by molar-refractivity contribution is -0.142. The van der Waals surface area contributed by atoms with E-state index in [1.54, 1.807) is 42.7 Å². The minimum absolute atomic E-state index is 0.0368. The summed E-state index contributed by atoms with van der Waals surface area (Å²) in [6, 6.07) is 22.6. The Kier molecular flexibility index (Phi) is 19.1. The summed E-state index contributed by atoms with van der Waals surface area (Å²) < 4.78 is 95.8. The normalized spacial score (nSPS) is 21.9. The average molecular weight is 1480 g/mol. The van der Waals surface area contributed by atoms with Gasteiger partial charge in [0.1, 0.15) is 51.5 Å². The minimum Gasteiger partial charge on any atom is -0.494 e. The van der Waals surface area contributed by atoms with E-state index in [-0.39, 0.29) is 103 Å². The number of urea groups is 2. The number of methoxy groups -OCH3 is 1. The molecule has 6 aliphatic rings. The lowest BCUT2D eigenvalue weighted by Crippen LogP contribution is -2.50. The van der Waals surface area contributed by atoms with Crippen molar-refractivity contribution in [3.05, 3.63) is 157 Å². The number of imidazole rings is 2. The number of nitrogens with one attached hydrogen (secondary N) is 4. The van der Waals surface area contributed by atoms with Gasteiger partial charge in [0.2, 0.25) is 11.8 Å². The number of likely N-dealkylation sites (tertiary alicyclic amines) is 1. The molecular weight excluding hydrogens is 1400 g/mol. The molecule has 12 heterocycles. The van der Waals surface area contributed by atoms with Crippen molar-refractivity contribution in [1.29, 1.82) is 0 Å². The van der Waals surface area contributed by atoms with E-state index >= 15 is 0 Å². The fraction of sp³-hybridized carbons (Fsp3) is 0.421. The largest absolute Gasteiger partial charge is 0.494 e. The van der Waals surface area contributed by atoms with E-state index in [0.717, 1.165) is 139 Å². The van der Waals surface area contributed by atoms with Gasteiger partial charge in [-0.2, -0.15) is 36.5 Å². The second kappa shape index (κ2) is 28.9. The number of anilines is 5. The van der Waals surface area contributed by atoms with Gasteiger partial charge in [-0.25, -0.2) is 29.5 Å². The molecule has 16 rings (SSSR count). The van der Waals surface area contributed by atoms with Crippen LogP contribution in [0.5, 0.6) is 5.75 Å². The first-order valence-corrected chi connectivity index (χ1v) is 36.6. The Hall–Kier alpha value is -11.0. The van der Waals surface area contributed by atoms with Crippen LogP contribution in [0.2, 0.25) is 0 Å². The lowest BCUT2D eigenvalue weighted by atomic mass is 9.62. The predicted octanol–water partition coefficient (Wildman–Crippen LogP) is 12.0. The number of imide groups is 2. The van der Waals surface area contributed by atoms with Crippen molar-refractivity contribution in [2.45, 2.75) is 113 Å². The number of hydrogen-bond donors (Lipinski definition) is 4. The van der Waals surface area contributed by atoms with Gasteiger partial charge < -0.3 is 30.1 Å². The third-order valence-corrected chi connectivity index (χ3v) is 22.9. The molecule has 4 aliphatic heterocycles. The number of amides is 8. The van der Waals surface area contributed by atoms with Gasteiger partial charge in [0.05, 0.1) is 48.3 Å². The van der Waals surface area contributed by atoms with Crippen LogP contribution in [0.1, 0.15) is 133 Å². The highest BCUT2D eigenvalue weighted by molar-refractivity contribution is 6.07. The summed E-state index contributed by atoms with van der Waals surface area (Å²) in [7, 11) is 3.70. The van der Waals surface area contributed by atoms with E-state index in [4.69, 9.17) is 19.9 Å². The Morgan fingerprint density at radius 1 is 0.602 bits per heavy atom. The highest BCUT2D eigenvalue weighted by Gasteiger charge is 2.45. The number of pyridine rings is 4. The van der Waals surface area contributed by atoms with Crippen LogP contribution in [0.4, 0.5) is 64.6 Å². The minimum atomic E-state index is -4.76. The molecule has 6 fully saturated rings. The zero-order chi connectivity index (χ0) is 74.9. The highest BCUT2D eigenvalue weighted by Crippen LogP contribution is 2.51. The molecule has 2 saturated carbocycles. The molecule has 0 spiro atoms. The van der Waals surface area contributed by atoms with E-state index in [1.165, 1.54) is 34.6 Å². The van der Waals surface area contributed by atoms with Crippen LogP contribution in [-0.4, -0.2) is 166 Å². The molecule has 2 unspecified atom stereocenters. The zero-order valence-electron chi connectivity index (χ0n) is 59.2. The van der Waals surface area contributed by atoms with E-state index in [0.29, 0.717) is 45.0 Å². The number of halogens is 6. The Labute approximate surface area is 614 Å². The van der Waals surface area contributed by atoms with E-state index in [2.05, 4.69) is 74.8 Å². The molecule has 0 bridgehead atoms. The van der Waals surface area contributed by atoms with Crippen LogP contribution in [0.25, 0.3) is 33.1 Å². The van der Waals surface area contributed by atoms with Crippen molar-refractivity contribution in [2.75, 3.05) is 91.8 Å². The molecule has 0 radical (unpaired) electrons. The number of alkyl halides is 6. The Morgan fingerprint density at radius 3 is 1.77 bits per heavy atom. The topological polar surface area (TPSA) is 272 Å². The molecule has 4 saturated heterocycles. The van der Waals surface area contributed by atoms with Gasteiger partial charge in [0.15, 0.2) is 0 Å². The first-order chi connectivity index (χ1) is 52.0. The Morgan fingerprint density at radius 2 is 1.17 bits per heavy atom. The number of carbonyl (C=O) groups is 6. The molecule has 26 nitrogen and oxygen atoms in total. The summed E-state index contributed by atoms with van der Waals surface area (Å²) in [5.41, 5.74) is 2.34. The van der Waals surface area contributed by atoms with Crippen molar-refractivity contribution in [1.82, 2.24) is 68.7 Å². The molecule has 562 valence electrons. The Balaban J connectivity index is 0.685. The van der Waals surface area contributed by atoms with Gasteiger partial charge in [-0.3, -0.25) is 57.8 Å². The number of ether oxygens (including phenoxy) is 1. The molecule has 10 aromatic rings. The van der Waals surface area contributed by atoms with E-state index in [9.17, 15) is 55.1 Å². The molecule has 4 N–H and O–H groups in total. The average Bonchev–Trinajstić information content (AvgIpc) is 1.49. The summed E-state index contributed by atoms with van der Waals surface area (Å²) in [4.78, 5) is 104. The van der Waals surface area contributed by atoms with Crippen LogP contribution in [0.3, 0.4) is 0 Å². The molecule has 2 aromatic carbocycles. The molecular formula is C76H79F6N19O7. The number of piperidine rings is 2. The van der Waals surface area contributed by atoms with Crippen molar-refractivity contribution in [2.24, 2.45) is 23.7 Å². The fourth-order valence-electron chi connectivity index (χ4n) is 17.3. The fourth-order valence-corrected chi connectivity index (χ4v) is 17.3. The summed E-state index contributed by atoms with van der Waals surface area (Å²) >= 11 is 0. The molecule has 6 atom stereocenters. The van der Waals surface area contributed by atoms with Crippen LogP contribution < -0.4 is 40.7 Å². The lowest BCUT2D eigenvalue weighted by Gasteiger charge is -2.49. The first-order valence-electron chi connectivity index (χ1n) is 36.6. The number of carbonyl (C=O) groups excluding carboxylic acids is 6. The van der Waals surface area contributed by atoms with Crippen LogP contribution >= 0.6 is 0 Å². The molecule has 8 aromatic heterocycles. The quantitative estimate of drug-likeness (QED) is 0.0617. The maximum atomic E-state index is 13.7. The second-order valence-corrected chi connectivity index (χ2v) is 29.4. The van der Waals surface area contributed by atoms with Crippen molar-refractivity contribution in [3.63, 3.8) is 0 Å². The van der Waals surface area contributed by atoms with Crippen molar-refractivity contribution in [3.8, 4) is 5.75 Å². The SMILES string of the molecule is COc1cc2nn([C@@H]3CC[C@@H](CN4CCC(c5ccn6c(N7CCC(=O)NC7=O)cnc6c5)CC4)C(C4C[C@@H](n5cc6cc(NC(=O)c7cccc(C(F)(F)F)n7)ccc6n5)CC[C@@H]4CN(C)C4CCN(c5ccn6c(N7CCC(=O)NC7=O)cnc6c5)CC4)C3)cc2cc1NC(=O)c1cccc(C(F)(F)F)n1. The molecule has 2 aliphatic carbocycles. The zero-order valence-corrected chi connectivity index (χ0v) is 59.2. The van der Waals surface area contributed by atoms with Crippen molar-refractivity contribution < 1.29 is 59.8 Å². The summed E-state index contributed by atoms with van der Waals surface area (Å²) in [6.45, 7) is 5.58. The Bertz CT molecular complexity index is 5130. The van der Waals surface area contributed by atoms with Gasteiger partial charge in [-0.1, -0.05) is 12.1 Å². The number of rotatable bonds is 17. The number of benzene rings is 2. The standard InChI is InChI=1S/C76H79F6N19O7/c1-93(51-18-25-95(26-19-51)52-20-28-97-66(36-52)84-39-70(97)99-30-22-68(103)90-74(99)107)40-46-9-12-53(100-42-48-31-50(11-14-57(48)91-100)85-71(104)58-5-3-7-63(86-58)75(77,78)79)34-55(46)56-35-54(101-43-49-32-61(62(108-2)37-60(49)92-101)88-72(105)59-6-4-8-64(87-59)76(80,81)82)13-10-47(56)41-94-23-15-44(16-24-94)45-17-27-96-65(33-45)83-38-69(96)98-29-21-67(102)89-73(98)106/h3-8,11,14,17,20,27-28,31-33,36-39,42-44,46-47,51,53-56H,9-10,12-13,15-16,18-19,21-26,29-30,34-35,40-41H2,1-2H3,(H,85,104)(H,88,105)(H,89,102,106)(H,90,103,107)/t46-,47+,53+,54-,55?,56?/m1/s1.